The molecule has 0 aromatic heterocycles. The summed E-state index contributed by atoms with van der Waals surface area (Å²) in [6.07, 6.45) is -0.157. The highest BCUT2D eigenvalue weighted by Gasteiger charge is 2.15. The molecule has 0 spiro atoms. The van der Waals surface area contributed by atoms with Crippen LogP contribution in [0.15, 0.2) is 54.6 Å². The molecule has 1 unspecified atom stereocenters. The van der Waals surface area contributed by atoms with Gasteiger partial charge in [-0.3, -0.25) is 4.89 Å². The Labute approximate surface area is 142 Å². The lowest BCUT2D eigenvalue weighted by Crippen LogP contribution is -2.20. The van der Waals surface area contributed by atoms with E-state index in [1.54, 1.807) is 31.2 Å². The van der Waals surface area contributed by atoms with Gasteiger partial charge in [0, 0.05) is 0 Å². The third kappa shape index (κ3) is 6.40. The number of hydrogen-bond donors (Lipinski definition) is 0. The molecule has 0 saturated heterocycles. The Morgan fingerprint density at radius 3 is 2.08 bits per heavy atom. The van der Waals surface area contributed by atoms with Crippen LogP contribution in [0.1, 0.15) is 31.1 Å². The van der Waals surface area contributed by atoms with Gasteiger partial charge in [0.05, 0.1) is 18.3 Å². The SMILES string of the molecule is CC(C)OCC(C)OOC(=O)c1ccccc1.c1ccc2c(c1)O2. The number of ether oxygens (including phenoxy) is 2. The van der Waals surface area contributed by atoms with Crippen LogP contribution in [-0.2, 0) is 14.5 Å². The van der Waals surface area contributed by atoms with Crippen LogP contribution in [0.4, 0.5) is 0 Å². The molecule has 128 valence electrons. The molecule has 0 saturated carbocycles. The number of benzene rings is 2. The summed E-state index contributed by atoms with van der Waals surface area (Å²) in [5, 5.41) is 0. The molecular formula is C19H22O5. The van der Waals surface area contributed by atoms with Gasteiger partial charge >= 0.3 is 5.97 Å². The van der Waals surface area contributed by atoms with Crippen LogP contribution in [0.2, 0.25) is 0 Å². The molecule has 1 aliphatic heterocycles. The van der Waals surface area contributed by atoms with E-state index in [0.717, 1.165) is 11.5 Å². The highest BCUT2D eigenvalue weighted by atomic mass is 17.2. The molecule has 1 atom stereocenters. The molecule has 0 fully saturated rings. The number of carbonyl (C=O) groups is 1. The van der Waals surface area contributed by atoms with Crippen molar-refractivity contribution in [1.82, 2.24) is 0 Å². The number of para-hydroxylation sites is 2. The summed E-state index contributed by atoms with van der Waals surface area (Å²) < 4.78 is 10.3. The number of rotatable bonds is 6. The van der Waals surface area contributed by atoms with E-state index in [-0.39, 0.29) is 12.2 Å². The topological polar surface area (TPSA) is 57.3 Å². The lowest BCUT2D eigenvalue weighted by atomic mass is 10.2. The monoisotopic (exact) mass is 330 g/mol. The van der Waals surface area contributed by atoms with Crippen LogP contribution in [0.5, 0.6) is 11.5 Å². The highest BCUT2D eigenvalue weighted by Crippen LogP contribution is 2.43. The standard InChI is InChI=1S/C13H18O4.C6H4O/c1-10(2)15-9-11(3)16-17-13(14)12-7-5-4-6-8-12;1-2-4-6-5(3-1)7-6/h4-8,10-11H,9H2,1-3H3;1-4H. The largest absolute Gasteiger partial charge is 0.450 e. The van der Waals surface area contributed by atoms with Gasteiger partial charge in [-0.05, 0) is 45.0 Å². The molecule has 5 heteroatoms. The van der Waals surface area contributed by atoms with E-state index < -0.39 is 5.97 Å². The first-order valence-corrected chi connectivity index (χ1v) is 7.87. The summed E-state index contributed by atoms with van der Waals surface area (Å²) in [4.78, 5) is 21.1. The van der Waals surface area contributed by atoms with Crippen molar-refractivity contribution in [2.24, 2.45) is 0 Å². The summed E-state index contributed by atoms with van der Waals surface area (Å²) in [6.45, 7) is 6.03. The van der Waals surface area contributed by atoms with Gasteiger partial charge in [0.25, 0.3) is 0 Å². The second-order valence-corrected chi connectivity index (χ2v) is 5.57. The van der Waals surface area contributed by atoms with Crippen molar-refractivity contribution in [1.29, 1.82) is 0 Å². The summed E-state index contributed by atoms with van der Waals surface area (Å²) in [5.41, 5.74) is 0.462. The summed E-state index contributed by atoms with van der Waals surface area (Å²) >= 11 is 0. The molecule has 0 radical (unpaired) electrons. The van der Waals surface area contributed by atoms with Gasteiger partial charge < -0.3 is 9.47 Å². The second kappa shape index (κ2) is 9.05. The minimum absolute atomic E-state index is 0.130. The van der Waals surface area contributed by atoms with Crippen molar-refractivity contribution >= 4 is 5.97 Å². The fraction of sp³-hybridized carbons (Fsp3) is 0.316. The van der Waals surface area contributed by atoms with Crippen molar-refractivity contribution in [2.75, 3.05) is 6.61 Å². The van der Waals surface area contributed by atoms with Crippen molar-refractivity contribution in [3.8, 4) is 11.5 Å². The van der Waals surface area contributed by atoms with E-state index >= 15 is 0 Å². The molecule has 3 rings (SSSR count). The zero-order valence-electron chi connectivity index (χ0n) is 14.1. The molecule has 1 heterocycles. The van der Waals surface area contributed by atoms with Crippen LogP contribution < -0.4 is 4.74 Å². The van der Waals surface area contributed by atoms with Gasteiger partial charge in [-0.1, -0.05) is 30.3 Å². The Hall–Kier alpha value is -2.37. The zero-order chi connectivity index (χ0) is 17.4. The van der Waals surface area contributed by atoms with Crippen LogP contribution in [0, 0.1) is 0 Å². The van der Waals surface area contributed by atoms with E-state index in [0.29, 0.717) is 12.2 Å². The van der Waals surface area contributed by atoms with Crippen molar-refractivity contribution in [2.45, 2.75) is 33.0 Å². The van der Waals surface area contributed by atoms with Gasteiger partial charge in [-0.25, -0.2) is 4.79 Å². The molecule has 2 aromatic rings. The third-order valence-corrected chi connectivity index (χ3v) is 2.99. The maximum Gasteiger partial charge on any atom is 0.373 e. The second-order valence-electron chi connectivity index (χ2n) is 5.57. The first kappa shape index (κ1) is 18.0. The molecule has 1 aliphatic rings. The maximum atomic E-state index is 11.5. The molecule has 24 heavy (non-hydrogen) atoms. The Morgan fingerprint density at radius 2 is 1.54 bits per heavy atom. The van der Waals surface area contributed by atoms with Crippen LogP contribution in [-0.4, -0.2) is 24.8 Å². The normalized spacial score (nSPS) is 12.3. The molecule has 2 aromatic carbocycles. The van der Waals surface area contributed by atoms with Crippen molar-refractivity contribution < 1.29 is 24.0 Å². The van der Waals surface area contributed by atoms with Gasteiger partial charge in [-0.2, -0.15) is 4.89 Å². The quantitative estimate of drug-likeness (QED) is 0.381. The van der Waals surface area contributed by atoms with E-state index in [9.17, 15) is 4.79 Å². The molecule has 0 amide bonds. The Balaban J connectivity index is 0.000000242. The van der Waals surface area contributed by atoms with Gasteiger partial charge in [0.1, 0.15) is 6.10 Å². The number of fused-ring (bicyclic) bond motifs is 1. The fourth-order valence-corrected chi connectivity index (χ4v) is 1.72. The van der Waals surface area contributed by atoms with Crippen LogP contribution in [0.25, 0.3) is 0 Å². The molecular weight excluding hydrogens is 308 g/mol. The average Bonchev–Trinajstić information content (AvgIpc) is 3.39. The van der Waals surface area contributed by atoms with Gasteiger partial charge in [0.2, 0.25) is 0 Å². The summed E-state index contributed by atoms with van der Waals surface area (Å²) in [7, 11) is 0. The summed E-state index contributed by atoms with van der Waals surface area (Å²) in [6, 6.07) is 16.5. The van der Waals surface area contributed by atoms with Gasteiger partial charge in [-0.15, -0.1) is 0 Å². The molecule has 0 aliphatic carbocycles. The smallest absolute Gasteiger partial charge is 0.373 e. The molecule has 0 N–H and O–H groups in total. The molecule has 0 bridgehead atoms. The van der Waals surface area contributed by atoms with Crippen LogP contribution >= 0.6 is 0 Å². The minimum Gasteiger partial charge on any atom is -0.450 e. The average molecular weight is 330 g/mol. The van der Waals surface area contributed by atoms with Crippen molar-refractivity contribution in [3.63, 3.8) is 0 Å². The van der Waals surface area contributed by atoms with Crippen LogP contribution in [0.3, 0.4) is 0 Å². The van der Waals surface area contributed by atoms with E-state index in [1.807, 2.05) is 44.2 Å². The lowest BCUT2D eigenvalue weighted by Gasteiger charge is -2.13. The Kier molecular flexibility index (Phi) is 6.78. The number of hydrogen-bond acceptors (Lipinski definition) is 5. The lowest BCUT2D eigenvalue weighted by molar-refractivity contribution is -0.279. The number of carbonyl (C=O) groups excluding carboxylic acids is 1. The third-order valence-electron chi connectivity index (χ3n) is 2.99. The minimum atomic E-state index is -0.498. The maximum absolute atomic E-state index is 11.5. The first-order chi connectivity index (χ1) is 11.6. The fourth-order valence-electron chi connectivity index (χ4n) is 1.72. The highest BCUT2D eigenvalue weighted by molar-refractivity contribution is 5.88. The van der Waals surface area contributed by atoms with Gasteiger partial charge in [0.15, 0.2) is 11.5 Å². The van der Waals surface area contributed by atoms with E-state index in [4.69, 9.17) is 19.2 Å². The summed E-state index contributed by atoms with van der Waals surface area (Å²) in [5.74, 6) is 1.56. The predicted molar refractivity (Wildman–Crippen MR) is 90.0 cm³/mol. The Morgan fingerprint density at radius 1 is 0.958 bits per heavy atom. The van der Waals surface area contributed by atoms with E-state index in [1.165, 1.54) is 0 Å². The first-order valence-electron chi connectivity index (χ1n) is 7.87. The predicted octanol–water partition coefficient (Wildman–Crippen LogP) is 4.38. The van der Waals surface area contributed by atoms with Crippen molar-refractivity contribution in [3.05, 3.63) is 60.2 Å². The zero-order valence-corrected chi connectivity index (χ0v) is 14.1. The van der Waals surface area contributed by atoms with E-state index in [2.05, 4.69) is 0 Å². The Bertz CT molecular complexity index is 618. The molecule has 5 nitrogen and oxygen atoms in total.